The minimum Gasteiger partial charge on any atom is -0.359 e. The molecule has 0 fully saturated rings. The molecule has 0 spiro atoms. The van der Waals surface area contributed by atoms with Crippen LogP contribution in [0.25, 0.3) is 0 Å². The Kier molecular flexibility index (Phi) is 6.38. The molecule has 0 saturated carbocycles. The summed E-state index contributed by atoms with van der Waals surface area (Å²) in [6.07, 6.45) is 0.393. The minimum atomic E-state index is -2.73. The van der Waals surface area contributed by atoms with Gasteiger partial charge in [0, 0.05) is 21.6 Å². The van der Waals surface area contributed by atoms with Crippen LogP contribution in [0.1, 0.15) is 11.1 Å². The fourth-order valence-corrected chi connectivity index (χ4v) is 4.12. The third-order valence-electron chi connectivity index (χ3n) is 5.22. The van der Waals surface area contributed by atoms with Gasteiger partial charge in [-0.25, -0.2) is 18.5 Å². The van der Waals surface area contributed by atoms with Crippen LogP contribution in [-0.4, -0.2) is 23.6 Å². The lowest BCUT2D eigenvalue weighted by Crippen LogP contribution is -2.63. The van der Waals surface area contributed by atoms with Gasteiger partial charge in [-0.2, -0.15) is 0 Å². The number of amides is 3. The first-order valence-corrected chi connectivity index (χ1v) is 11.0. The molecule has 0 radical (unpaired) electrons. The van der Waals surface area contributed by atoms with Crippen molar-refractivity contribution in [1.29, 1.82) is 0 Å². The molecule has 170 valence electrons. The van der Waals surface area contributed by atoms with Crippen molar-refractivity contribution in [1.82, 2.24) is 5.32 Å². The highest BCUT2D eigenvalue weighted by Gasteiger charge is 2.53. The van der Waals surface area contributed by atoms with E-state index in [4.69, 9.17) is 11.6 Å². The van der Waals surface area contributed by atoms with Crippen LogP contribution >= 0.6 is 27.5 Å². The average Bonchev–Trinajstić information content (AvgIpc) is 2.77. The molecule has 3 N–H and O–H groups in total. The Labute approximate surface area is 201 Å². The Morgan fingerprint density at radius 1 is 1.12 bits per heavy atom. The summed E-state index contributed by atoms with van der Waals surface area (Å²) in [6.45, 7) is 0.0846. The number of carbonyl (C=O) groups excluding carboxylic acids is 2. The number of hydrogen-bond donors (Lipinski definition) is 3. The van der Waals surface area contributed by atoms with Crippen LogP contribution < -0.4 is 15.5 Å². The van der Waals surface area contributed by atoms with E-state index in [9.17, 15) is 23.5 Å². The number of benzene rings is 3. The molecule has 3 aromatic rings. The molecule has 0 aliphatic carbocycles. The third kappa shape index (κ3) is 4.31. The average molecular weight is 537 g/mol. The molecule has 1 heterocycles. The van der Waals surface area contributed by atoms with E-state index in [-0.39, 0.29) is 17.8 Å². The Morgan fingerprint density at radius 2 is 1.79 bits per heavy atom. The van der Waals surface area contributed by atoms with E-state index < -0.39 is 35.0 Å². The first-order valence-electron chi connectivity index (χ1n) is 9.82. The number of urea groups is 1. The summed E-state index contributed by atoms with van der Waals surface area (Å²) < 4.78 is 29.8. The number of hydrogen-bond acceptors (Lipinski definition) is 3. The molecule has 1 aliphatic rings. The molecule has 0 bridgehead atoms. The van der Waals surface area contributed by atoms with Gasteiger partial charge in [0.2, 0.25) is 0 Å². The maximum atomic E-state index is 14.7. The highest BCUT2D eigenvalue weighted by Crippen LogP contribution is 2.42. The second kappa shape index (κ2) is 9.09. The molecule has 0 saturated heterocycles. The van der Waals surface area contributed by atoms with Crippen LogP contribution in [0.2, 0.25) is 5.02 Å². The van der Waals surface area contributed by atoms with Gasteiger partial charge in [-0.1, -0.05) is 45.7 Å². The summed E-state index contributed by atoms with van der Waals surface area (Å²) in [4.78, 5) is 26.6. The fourth-order valence-electron chi connectivity index (χ4n) is 3.64. The number of para-hydroxylation sites is 1. The summed E-state index contributed by atoms with van der Waals surface area (Å²) in [5, 5.41) is 17.3. The van der Waals surface area contributed by atoms with E-state index >= 15 is 0 Å². The first kappa shape index (κ1) is 23.2. The number of carbonyl (C=O) groups is 2. The quantitative estimate of drug-likeness (QED) is 0.432. The highest BCUT2D eigenvalue weighted by molar-refractivity contribution is 9.10. The van der Waals surface area contributed by atoms with Crippen molar-refractivity contribution < 1.29 is 23.5 Å². The number of fused-ring (bicyclic) bond motifs is 1. The monoisotopic (exact) mass is 535 g/mol. The van der Waals surface area contributed by atoms with Crippen LogP contribution in [0.3, 0.4) is 0 Å². The van der Waals surface area contributed by atoms with Gasteiger partial charge in [0.25, 0.3) is 11.6 Å². The Hall–Kier alpha value is -3.01. The smallest absolute Gasteiger partial charge is 0.329 e. The lowest BCUT2D eigenvalue weighted by atomic mass is 9.94. The van der Waals surface area contributed by atoms with Gasteiger partial charge in [0.15, 0.2) is 0 Å². The lowest BCUT2D eigenvalue weighted by molar-refractivity contribution is -0.140. The molecule has 10 heteroatoms. The van der Waals surface area contributed by atoms with Crippen molar-refractivity contribution in [3.05, 3.63) is 92.9 Å². The van der Waals surface area contributed by atoms with Gasteiger partial charge in [-0.15, -0.1) is 0 Å². The van der Waals surface area contributed by atoms with Crippen LogP contribution in [0.4, 0.5) is 25.0 Å². The number of aliphatic hydroxyl groups is 1. The van der Waals surface area contributed by atoms with Crippen molar-refractivity contribution in [2.45, 2.75) is 12.1 Å². The standard InChI is InChI=1S/C23H17BrClF2N3O3/c24-14-6-9-19-16(12-14)23(33,21(31)28-11-10-13-4-7-15(25)8-5-13)30(22(32)29-19)20-17(26)2-1-3-18(20)27/h1-9,12,33H,10-11H2,(H,28,31)(H,29,32)/t23-/m1/s1. The van der Waals surface area contributed by atoms with Crippen LogP contribution in [-0.2, 0) is 16.9 Å². The number of rotatable bonds is 5. The summed E-state index contributed by atoms with van der Waals surface area (Å²) in [5.41, 5.74) is -2.64. The molecular formula is C23H17BrClF2N3O3. The van der Waals surface area contributed by atoms with Gasteiger partial charge in [-0.3, -0.25) is 4.79 Å². The Morgan fingerprint density at radius 3 is 2.45 bits per heavy atom. The first-order chi connectivity index (χ1) is 15.7. The zero-order chi connectivity index (χ0) is 23.8. The van der Waals surface area contributed by atoms with Crippen LogP contribution in [0.5, 0.6) is 0 Å². The molecule has 3 amide bonds. The highest BCUT2D eigenvalue weighted by atomic mass is 79.9. The number of nitrogens with zero attached hydrogens (tertiary/aromatic N) is 1. The molecule has 3 aromatic carbocycles. The zero-order valence-electron chi connectivity index (χ0n) is 16.9. The summed E-state index contributed by atoms with van der Waals surface area (Å²) in [5.74, 6) is -3.25. The second-order valence-electron chi connectivity index (χ2n) is 7.33. The molecule has 0 aromatic heterocycles. The van der Waals surface area contributed by atoms with Gasteiger partial charge < -0.3 is 15.7 Å². The van der Waals surface area contributed by atoms with E-state index in [1.54, 1.807) is 30.3 Å². The predicted molar refractivity (Wildman–Crippen MR) is 124 cm³/mol. The van der Waals surface area contributed by atoms with Crippen molar-refractivity contribution >= 4 is 50.8 Å². The topological polar surface area (TPSA) is 81.7 Å². The van der Waals surface area contributed by atoms with Crippen molar-refractivity contribution in [3.63, 3.8) is 0 Å². The van der Waals surface area contributed by atoms with Crippen LogP contribution in [0.15, 0.2) is 65.1 Å². The number of anilines is 2. The summed E-state index contributed by atoms with van der Waals surface area (Å²) >= 11 is 9.15. The van der Waals surface area contributed by atoms with Crippen molar-refractivity contribution in [3.8, 4) is 0 Å². The van der Waals surface area contributed by atoms with E-state index in [0.717, 1.165) is 23.8 Å². The molecule has 33 heavy (non-hydrogen) atoms. The SMILES string of the molecule is O=C1Nc2ccc(Br)cc2[C@@](O)(C(=O)NCCc2ccc(Cl)cc2)N1c1c(F)cccc1F. The van der Waals surface area contributed by atoms with E-state index in [1.165, 1.54) is 12.1 Å². The second-order valence-corrected chi connectivity index (χ2v) is 8.68. The van der Waals surface area contributed by atoms with Crippen LogP contribution in [0, 0.1) is 11.6 Å². The molecule has 1 aliphatic heterocycles. The van der Waals surface area contributed by atoms with Crippen molar-refractivity contribution in [2.24, 2.45) is 0 Å². The lowest BCUT2D eigenvalue weighted by Gasteiger charge is -2.42. The van der Waals surface area contributed by atoms with E-state index in [0.29, 0.717) is 20.8 Å². The molecule has 4 rings (SSSR count). The molecule has 6 nitrogen and oxygen atoms in total. The predicted octanol–water partition coefficient (Wildman–Crippen LogP) is 4.94. The fraction of sp³-hybridized carbons (Fsp3) is 0.130. The number of halogens is 4. The van der Waals surface area contributed by atoms with Gasteiger partial charge in [0.1, 0.15) is 17.3 Å². The summed E-state index contributed by atoms with van der Waals surface area (Å²) in [6, 6.07) is 13.4. The molecular weight excluding hydrogens is 520 g/mol. The summed E-state index contributed by atoms with van der Waals surface area (Å²) in [7, 11) is 0. The normalized spacial score (nSPS) is 17.4. The molecule has 1 atom stereocenters. The zero-order valence-corrected chi connectivity index (χ0v) is 19.3. The molecule has 0 unspecified atom stereocenters. The van der Waals surface area contributed by atoms with Gasteiger partial charge in [-0.05, 0) is 54.4 Å². The van der Waals surface area contributed by atoms with Gasteiger partial charge in [0.05, 0.1) is 5.69 Å². The maximum Gasteiger partial charge on any atom is 0.329 e. The number of nitrogens with one attached hydrogen (secondary N) is 2. The Bertz CT molecular complexity index is 1220. The maximum absolute atomic E-state index is 14.7. The largest absolute Gasteiger partial charge is 0.359 e. The third-order valence-corrected chi connectivity index (χ3v) is 5.96. The van der Waals surface area contributed by atoms with E-state index in [2.05, 4.69) is 26.6 Å². The minimum absolute atomic E-state index is 0.0527. The van der Waals surface area contributed by atoms with Gasteiger partial charge >= 0.3 is 6.03 Å². The Balaban J connectivity index is 1.74. The van der Waals surface area contributed by atoms with E-state index in [1.807, 2.05) is 0 Å². The van der Waals surface area contributed by atoms with Crippen molar-refractivity contribution in [2.75, 3.05) is 16.8 Å².